The Hall–Kier alpha value is -1.03. The van der Waals surface area contributed by atoms with E-state index in [2.05, 4.69) is 16.6 Å². The van der Waals surface area contributed by atoms with Crippen LogP contribution >= 0.6 is 11.6 Å². The van der Waals surface area contributed by atoms with E-state index in [-0.39, 0.29) is 5.56 Å². The summed E-state index contributed by atoms with van der Waals surface area (Å²) in [6.07, 6.45) is 1.10. The lowest BCUT2D eigenvalue weighted by molar-refractivity contribution is 0.0535. The van der Waals surface area contributed by atoms with Crippen molar-refractivity contribution < 1.29 is 13.6 Å². The summed E-state index contributed by atoms with van der Waals surface area (Å²) in [5.41, 5.74) is 1.20. The fraction of sp³-hybridized carbons (Fsp3) is 0.333. The molecule has 0 fully saturated rings. The van der Waals surface area contributed by atoms with Gasteiger partial charge in [0, 0.05) is 17.5 Å². The van der Waals surface area contributed by atoms with Crippen molar-refractivity contribution in [3.63, 3.8) is 0 Å². The number of hydrogen-bond donors (Lipinski definition) is 0. The van der Waals surface area contributed by atoms with E-state index in [1.54, 1.807) is 13.8 Å². The molecule has 76 valence electrons. The lowest BCUT2D eigenvalue weighted by Crippen LogP contribution is -2.21. The van der Waals surface area contributed by atoms with Crippen molar-refractivity contribution in [2.75, 3.05) is 0 Å². The molecule has 1 aromatic rings. The van der Waals surface area contributed by atoms with Crippen LogP contribution in [0.3, 0.4) is 0 Å². The SMILES string of the molecule is Cc1cc(C(=O)C(F)(F)Cl)cnc1C. The molecule has 1 aromatic heterocycles. The van der Waals surface area contributed by atoms with Crippen LogP contribution in [0, 0.1) is 13.8 Å². The molecule has 0 aliphatic heterocycles. The maximum atomic E-state index is 12.4. The summed E-state index contributed by atoms with van der Waals surface area (Å²) in [5.74, 6) is -1.42. The zero-order valence-corrected chi connectivity index (χ0v) is 8.40. The molecule has 14 heavy (non-hydrogen) atoms. The third-order valence-electron chi connectivity index (χ3n) is 1.86. The Morgan fingerprint density at radius 1 is 1.50 bits per heavy atom. The van der Waals surface area contributed by atoms with E-state index in [0.29, 0.717) is 11.3 Å². The summed E-state index contributed by atoms with van der Waals surface area (Å²) in [5, 5.41) is -3.86. The first kappa shape index (κ1) is 11.0. The number of nitrogens with zero attached hydrogens (tertiary/aromatic N) is 1. The maximum absolute atomic E-state index is 12.4. The van der Waals surface area contributed by atoms with E-state index in [9.17, 15) is 13.6 Å². The number of carbonyl (C=O) groups is 1. The molecular formula is C9H8ClF2NO. The summed E-state index contributed by atoms with van der Waals surface area (Å²) < 4.78 is 24.8. The molecular weight excluding hydrogens is 212 g/mol. The highest BCUT2D eigenvalue weighted by Crippen LogP contribution is 2.24. The van der Waals surface area contributed by atoms with Crippen molar-refractivity contribution in [3.8, 4) is 0 Å². The molecule has 0 N–H and O–H groups in total. The number of carbonyl (C=O) groups excluding carboxylic acids is 1. The van der Waals surface area contributed by atoms with Crippen LogP contribution in [-0.4, -0.2) is 16.1 Å². The van der Waals surface area contributed by atoms with Crippen molar-refractivity contribution in [2.45, 2.75) is 19.2 Å². The summed E-state index contributed by atoms with van der Waals surface area (Å²) in [4.78, 5) is 14.8. The van der Waals surface area contributed by atoms with Gasteiger partial charge in [0.2, 0.25) is 5.78 Å². The highest BCUT2D eigenvalue weighted by Gasteiger charge is 2.36. The van der Waals surface area contributed by atoms with Gasteiger partial charge in [0.05, 0.1) is 0 Å². The standard InChI is InChI=1S/C9H8ClF2NO/c1-5-3-7(4-13-6(5)2)8(14)9(10,11)12/h3-4H,1-2H3. The maximum Gasteiger partial charge on any atom is 0.384 e. The summed E-state index contributed by atoms with van der Waals surface area (Å²) in [6.45, 7) is 3.41. The Morgan fingerprint density at radius 2 is 2.07 bits per heavy atom. The molecule has 0 saturated heterocycles. The van der Waals surface area contributed by atoms with Gasteiger partial charge in [-0.1, -0.05) is 0 Å². The zero-order chi connectivity index (χ0) is 10.9. The Labute approximate surface area is 84.9 Å². The smallest absolute Gasteiger partial charge is 0.286 e. The molecule has 0 saturated carbocycles. The van der Waals surface area contributed by atoms with E-state index in [0.717, 1.165) is 6.20 Å². The second-order valence-corrected chi connectivity index (χ2v) is 3.43. The molecule has 0 aliphatic carbocycles. The number of alkyl halides is 3. The number of aromatic nitrogens is 1. The van der Waals surface area contributed by atoms with Crippen molar-refractivity contribution in [1.29, 1.82) is 0 Å². The van der Waals surface area contributed by atoms with Crippen LogP contribution in [0.15, 0.2) is 12.3 Å². The Kier molecular flexibility index (Phi) is 2.85. The third kappa shape index (κ3) is 2.26. The van der Waals surface area contributed by atoms with E-state index >= 15 is 0 Å². The Morgan fingerprint density at radius 3 is 2.50 bits per heavy atom. The summed E-state index contributed by atoms with van der Waals surface area (Å²) in [7, 11) is 0. The van der Waals surface area contributed by atoms with Gasteiger partial charge in [-0.05, 0) is 37.1 Å². The number of pyridine rings is 1. The van der Waals surface area contributed by atoms with Gasteiger partial charge in [0.1, 0.15) is 0 Å². The predicted molar refractivity (Wildman–Crippen MR) is 48.8 cm³/mol. The van der Waals surface area contributed by atoms with Crippen LogP contribution in [0.1, 0.15) is 21.6 Å². The predicted octanol–water partition coefficient (Wildman–Crippen LogP) is 2.71. The third-order valence-corrected chi connectivity index (χ3v) is 2.03. The first-order valence-corrected chi connectivity index (χ1v) is 4.25. The molecule has 0 amide bonds. The van der Waals surface area contributed by atoms with Gasteiger partial charge in [0.25, 0.3) is 0 Å². The van der Waals surface area contributed by atoms with Crippen molar-refractivity contribution in [3.05, 3.63) is 29.1 Å². The highest BCUT2D eigenvalue weighted by molar-refractivity contribution is 6.35. The number of Topliss-reactive ketones (excluding diaryl/α,β-unsaturated/α-hetero) is 1. The molecule has 0 spiro atoms. The first-order valence-electron chi connectivity index (χ1n) is 3.87. The van der Waals surface area contributed by atoms with Crippen molar-refractivity contribution in [2.24, 2.45) is 0 Å². The number of halogens is 3. The quantitative estimate of drug-likeness (QED) is 0.566. The van der Waals surface area contributed by atoms with Gasteiger partial charge < -0.3 is 0 Å². The van der Waals surface area contributed by atoms with Crippen molar-refractivity contribution in [1.82, 2.24) is 4.98 Å². The Bertz CT molecular complexity index is 374. The molecule has 0 aromatic carbocycles. The summed E-state index contributed by atoms with van der Waals surface area (Å²) in [6, 6.07) is 1.35. The minimum absolute atomic E-state index is 0.173. The van der Waals surface area contributed by atoms with Crippen LogP contribution in [0.4, 0.5) is 8.78 Å². The van der Waals surface area contributed by atoms with Gasteiger partial charge in [-0.25, -0.2) is 0 Å². The van der Waals surface area contributed by atoms with Crippen LogP contribution < -0.4 is 0 Å². The fourth-order valence-electron chi connectivity index (χ4n) is 0.931. The minimum atomic E-state index is -3.86. The first-order chi connectivity index (χ1) is 6.32. The molecule has 1 rings (SSSR count). The number of ketones is 1. The Balaban J connectivity index is 3.10. The van der Waals surface area contributed by atoms with E-state index < -0.39 is 11.2 Å². The average molecular weight is 220 g/mol. The highest BCUT2D eigenvalue weighted by atomic mass is 35.5. The second-order valence-electron chi connectivity index (χ2n) is 2.95. The van der Waals surface area contributed by atoms with E-state index in [1.807, 2.05) is 0 Å². The molecule has 0 aliphatic rings. The van der Waals surface area contributed by atoms with Gasteiger partial charge >= 0.3 is 5.38 Å². The molecule has 1 heterocycles. The second kappa shape index (κ2) is 3.61. The van der Waals surface area contributed by atoms with Crippen LogP contribution in [0.2, 0.25) is 0 Å². The van der Waals surface area contributed by atoms with Crippen molar-refractivity contribution >= 4 is 17.4 Å². The number of aryl methyl sites for hydroxylation is 2. The molecule has 0 bridgehead atoms. The topological polar surface area (TPSA) is 30.0 Å². The van der Waals surface area contributed by atoms with Gasteiger partial charge in [-0.15, -0.1) is 0 Å². The lowest BCUT2D eigenvalue weighted by atomic mass is 10.1. The molecule has 5 heteroatoms. The van der Waals surface area contributed by atoms with Crippen LogP contribution in [0.25, 0.3) is 0 Å². The molecule has 0 atom stereocenters. The van der Waals surface area contributed by atoms with Gasteiger partial charge in [-0.2, -0.15) is 8.78 Å². The summed E-state index contributed by atoms with van der Waals surface area (Å²) >= 11 is 4.60. The normalized spacial score (nSPS) is 11.5. The van der Waals surface area contributed by atoms with Crippen LogP contribution in [0.5, 0.6) is 0 Å². The van der Waals surface area contributed by atoms with E-state index in [4.69, 9.17) is 0 Å². The van der Waals surface area contributed by atoms with Gasteiger partial charge in [-0.3, -0.25) is 9.78 Å². The molecule has 0 radical (unpaired) electrons. The molecule has 0 unspecified atom stereocenters. The zero-order valence-electron chi connectivity index (χ0n) is 7.64. The average Bonchev–Trinajstić information content (AvgIpc) is 2.07. The fourth-order valence-corrected chi connectivity index (χ4v) is 1.04. The largest absolute Gasteiger partial charge is 0.384 e. The number of hydrogen-bond acceptors (Lipinski definition) is 2. The molecule has 2 nitrogen and oxygen atoms in total. The van der Waals surface area contributed by atoms with Crippen LogP contribution in [-0.2, 0) is 0 Å². The number of rotatable bonds is 2. The monoisotopic (exact) mass is 219 g/mol. The van der Waals surface area contributed by atoms with Gasteiger partial charge in [0.15, 0.2) is 0 Å². The van der Waals surface area contributed by atoms with E-state index in [1.165, 1.54) is 6.07 Å². The minimum Gasteiger partial charge on any atom is -0.286 e. The lowest BCUT2D eigenvalue weighted by Gasteiger charge is -2.07.